The highest BCUT2D eigenvalue weighted by Gasteiger charge is 2.15. The maximum absolute atomic E-state index is 4.93. The molecule has 1 aromatic carbocycles. The molecular weight excluding hydrogens is 515 g/mol. The van der Waals surface area contributed by atoms with E-state index in [1.54, 1.807) is 0 Å². The second-order valence-electron chi connectivity index (χ2n) is 7.72. The van der Waals surface area contributed by atoms with Gasteiger partial charge in [-0.3, -0.25) is 4.68 Å². The molecule has 32 heavy (non-hydrogen) atoms. The Morgan fingerprint density at radius 1 is 1.09 bits per heavy atom. The molecule has 9 heteroatoms. The second-order valence-corrected chi connectivity index (χ2v) is 7.72. The van der Waals surface area contributed by atoms with E-state index >= 15 is 0 Å². The minimum absolute atomic E-state index is 0. The third-order valence-electron chi connectivity index (χ3n) is 5.67. The lowest BCUT2D eigenvalue weighted by Crippen LogP contribution is -2.39. The maximum atomic E-state index is 4.93. The van der Waals surface area contributed by atoms with Gasteiger partial charge in [-0.25, -0.2) is 4.99 Å². The first-order chi connectivity index (χ1) is 14.9. The minimum atomic E-state index is 0. The van der Waals surface area contributed by atoms with Gasteiger partial charge in [0.1, 0.15) is 5.82 Å². The molecule has 0 aliphatic rings. The average Bonchev–Trinajstić information content (AvgIpc) is 3.28. The molecule has 0 aliphatic heterocycles. The van der Waals surface area contributed by atoms with Crippen LogP contribution in [0.5, 0.6) is 0 Å². The maximum Gasteiger partial charge on any atom is 0.192 e. The number of benzene rings is 1. The molecule has 2 N–H and O–H groups in total. The fourth-order valence-corrected chi connectivity index (χ4v) is 3.68. The van der Waals surface area contributed by atoms with Gasteiger partial charge in [-0.15, -0.1) is 34.2 Å². The molecule has 3 aromatic rings. The predicted molar refractivity (Wildman–Crippen MR) is 139 cm³/mol. The number of aromatic nitrogens is 5. The summed E-state index contributed by atoms with van der Waals surface area (Å²) in [6.45, 7) is 9.50. The van der Waals surface area contributed by atoms with Gasteiger partial charge in [0.2, 0.25) is 0 Å². The molecule has 0 radical (unpaired) electrons. The molecule has 1 unspecified atom stereocenters. The first kappa shape index (κ1) is 25.8. The van der Waals surface area contributed by atoms with Crippen LogP contribution >= 0.6 is 24.0 Å². The number of aryl methyl sites for hydroxylation is 3. The normalized spacial score (nSPS) is 12.4. The van der Waals surface area contributed by atoms with Crippen LogP contribution in [-0.2, 0) is 40.0 Å². The van der Waals surface area contributed by atoms with Gasteiger partial charge in [-0.2, -0.15) is 5.10 Å². The molecule has 0 saturated heterocycles. The van der Waals surface area contributed by atoms with Crippen molar-refractivity contribution in [2.24, 2.45) is 19.1 Å². The first-order valence-electron chi connectivity index (χ1n) is 10.9. The molecule has 174 valence electrons. The van der Waals surface area contributed by atoms with Crippen molar-refractivity contribution in [1.29, 1.82) is 0 Å². The molecule has 1 atom stereocenters. The van der Waals surface area contributed by atoms with E-state index in [-0.39, 0.29) is 30.0 Å². The van der Waals surface area contributed by atoms with Crippen LogP contribution in [0.4, 0.5) is 0 Å². The van der Waals surface area contributed by atoms with Gasteiger partial charge in [0.05, 0.1) is 24.8 Å². The average molecular weight is 550 g/mol. The standard InChI is InChI=1S/C23H34N8.HI/c1-7-20-19(21(8-2)31(6)29-20)14-24-23(25-15-22-28-27-17(4)30(22)5)26-16(3)18-12-10-9-11-13-18;/h9-13,16H,7-8,14-15H2,1-6H3,(H2,24,25,26);1H. The van der Waals surface area contributed by atoms with E-state index in [0.717, 1.165) is 36.1 Å². The van der Waals surface area contributed by atoms with Gasteiger partial charge in [0.25, 0.3) is 0 Å². The van der Waals surface area contributed by atoms with E-state index in [9.17, 15) is 0 Å². The highest BCUT2D eigenvalue weighted by Crippen LogP contribution is 2.17. The Labute approximate surface area is 207 Å². The van der Waals surface area contributed by atoms with E-state index < -0.39 is 0 Å². The number of rotatable bonds is 8. The lowest BCUT2D eigenvalue weighted by molar-refractivity contribution is 0.663. The van der Waals surface area contributed by atoms with E-state index in [1.807, 2.05) is 36.3 Å². The number of halogens is 1. The van der Waals surface area contributed by atoms with Gasteiger partial charge >= 0.3 is 0 Å². The van der Waals surface area contributed by atoms with E-state index in [0.29, 0.717) is 13.1 Å². The number of hydrogen-bond donors (Lipinski definition) is 2. The first-order valence-corrected chi connectivity index (χ1v) is 10.9. The Balaban J connectivity index is 0.00000363. The zero-order chi connectivity index (χ0) is 22.4. The Morgan fingerprint density at radius 3 is 2.41 bits per heavy atom. The molecule has 3 rings (SSSR count). The van der Waals surface area contributed by atoms with Crippen molar-refractivity contribution < 1.29 is 0 Å². The zero-order valence-electron chi connectivity index (χ0n) is 19.9. The molecule has 0 bridgehead atoms. The van der Waals surface area contributed by atoms with Crippen LogP contribution in [-0.4, -0.2) is 30.5 Å². The summed E-state index contributed by atoms with van der Waals surface area (Å²) in [4.78, 5) is 4.93. The highest BCUT2D eigenvalue weighted by molar-refractivity contribution is 14.0. The van der Waals surface area contributed by atoms with E-state index in [1.165, 1.54) is 16.8 Å². The van der Waals surface area contributed by atoms with Crippen LogP contribution in [0.15, 0.2) is 35.3 Å². The largest absolute Gasteiger partial charge is 0.350 e. The molecule has 0 spiro atoms. The molecule has 8 nitrogen and oxygen atoms in total. The number of aliphatic imine (C=N–C) groups is 1. The van der Waals surface area contributed by atoms with Crippen LogP contribution in [0.1, 0.15) is 61.0 Å². The minimum Gasteiger partial charge on any atom is -0.350 e. The quantitative estimate of drug-likeness (QED) is 0.255. The molecule has 0 saturated carbocycles. The summed E-state index contributed by atoms with van der Waals surface area (Å²) in [6, 6.07) is 10.5. The smallest absolute Gasteiger partial charge is 0.192 e. The fraction of sp³-hybridized carbons (Fsp3) is 0.478. The zero-order valence-corrected chi connectivity index (χ0v) is 22.2. The van der Waals surface area contributed by atoms with Gasteiger partial charge in [0, 0.05) is 25.4 Å². The third kappa shape index (κ3) is 6.08. The number of nitrogens with one attached hydrogen (secondary N) is 2. The molecule has 0 aliphatic carbocycles. The summed E-state index contributed by atoms with van der Waals surface area (Å²) in [6.07, 6.45) is 1.83. The van der Waals surface area contributed by atoms with Gasteiger partial charge in [-0.05, 0) is 32.3 Å². The summed E-state index contributed by atoms with van der Waals surface area (Å²) in [5.41, 5.74) is 4.77. The summed E-state index contributed by atoms with van der Waals surface area (Å²) >= 11 is 0. The monoisotopic (exact) mass is 550 g/mol. The third-order valence-corrected chi connectivity index (χ3v) is 5.67. The molecule has 0 amide bonds. The highest BCUT2D eigenvalue weighted by atomic mass is 127. The van der Waals surface area contributed by atoms with Gasteiger partial charge in [0.15, 0.2) is 11.8 Å². The van der Waals surface area contributed by atoms with E-state index in [4.69, 9.17) is 4.99 Å². The number of nitrogens with zero attached hydrogens (tertiary/aromatic N) is 6. The summed E-state index contributed by atoms with van der Waals surface area (Å²) in [5.74, 6) is 2.49. The van der Waals surface area contributed by atoms with Gasteiger partial charge < -0.3 is 15.2 Å². The van der Waals surface area contributed by atoms with Crippen LogP contribution in [0, 0.1) is 6.92 Å². The van der Waals surface area contributed by atoms with Crippen molar-refractivity contribution >= 4 is 29.9 Å². The Bertz CT molecular complexity index is 1020. The second kappa shape index (κ2) is 12.0. The fourth-order valence-electron chi connectivity index (χ4n) is 3.68. The molecule has 2 heterocycles. The topological polar surface area (TPSA) is 85.0 Å². The van der Waals surface area contributed by atoms with Crippen molar-refractivity contribution in [3.05, 3.63) is 64.5 Å². The van der Waals surface area contributed by atoms with Gasteiger partial charge in [-0.1, -0.05) is 44.2 Å². The van der Waals surface area contributed by atoms with Crippen LogP contribution in [0.2, 0.25) is 0 Å². The van der Waals surface area contributed by atoms with Crippen LogP contribution < -0.4 is 10.6 Å². The van der Waals surface area contributed by atoms with E-state index in [2.05, 4.69) is 71.0 Å². The summed E-state index contributed by atoms with van der Waals surface area (Å²) in [5, 5.41) is 20.0. The van der Waals surface area contributed by atoms with Crippen molar-refractivity contribution in [3.63, 3.8) is 0 Å². The summed E-state index contributed by atoms with van der Waals surface area (Å²) in [7, 11) is 3.98. The van der Waals surface area contributed by atoms with Crippen molar-refractivity contribution in [2.45, 2.75) is 59.7 Å². The number of hydrogen-bond acceptors (Lipinski definition) is 4. The van der Waals surface area contributed by atoms with Crippen LogP contribution in [0.25, 0.3) is 0 Å². The Morgan fingerprint density at radius 2 is 1.81 bits per heavy atom. The lowest BCUT2D eigenvalue weighted by atomic mass is 10.1. The van der Waals surface area contributed by atoms with Crippen molar-refractivity contribution in [3.8, 4) is 0 Å². The van der Waals surface area contributed by atoms with Crippen LogP contribution in [0.3, 0.4) is 0 Å². The molecular formula is C23H35IN8. The Kier molecular flexibility index (Phi) is 9.67. The van der Waals surface area contributed by atoms with Crippen molar-refractivity contribution in [2.75, 3.05) is 0 Å². The molecule has 2 aromatic heterocycles. The SMILES string of the molecule is CCc1nn(C)c(CC)c1CN=C(NCc1nnc(C)n1C)NC(C)c1ccccc1.I. The summed E-state index contributed by atoms with van der Waals surface area (Å²) < 4.78 is 3.97. The van der Waals surface area contributed by atoms with Crippen molar-refractivity contribution in [1.82, 2.24) is 35.2 Å². The Hall–Kier alpha value is -2.43. The number of guanidine groups is 1. The predicted octanol–water partition coefficient (Wildman–Crippen LogP) is 3.60. The lowest BCUT2D eigenvalue weighted by Gasteiger charge is -2.19. The molecule has 0 fully saturated rings.